The maximum atomic E-state index is 12.8. The number of nitrogens with one attached hydrogen (secondary N) is 1. The van der Waals surface area contributed by atoms with Crippen LogP contribution in [0.3, 0.4) is 0 Å². The van der Waals surface area contributed by atoms with E-state index in [-0.39, 0.29) is 12.7 Å². The average molecular weight is 361 g/mol. The number of fused-ring (bicyclic) bond motifs is 2. The zero-order valence-electron chi connectivity index (χ0n) is 13.4. The number of methoxy groups -OCH3 is 1. The molecule has 0 bridgehead atoms. The minimum atomic E-state index is -0.556. The first kappa shape index (κ1) is 15.7. The molecule has 0 fully saturated rings. The summed E-state index contributed by atoms with van der Waals surface area (Å²) >= 11 is 1.35. The molecule has 1 aromatic heterocycles. The van der Waals surface area contributed by atoms with Crippen molar-refractivity contribution in [3.63, 3.8) is 0 Å². The molecule has 4 rings (SSSR count). The van der Waals surface area contributed by atoms with Crippen molar-refractivity contribution in [2.45, 2.75) is 13.0 Å². The van der Waals surface area contributed by atoms with Gasteiger partial charge in [-0.15, -0.1) is 0 Å². The number of carbonyl (C=O) groups excluding carboxylic acids is 2. The van der Waals surface area contributed by atoms with Gasteiger partial charge >= 0.3 is 6.09 Å². The van der Waals surface area contributed by atoms with E-state index in [0.717, 1.165) is 10.6 Å². The molecule has 130 valence electrons. The second-order valence-electron chi connectivity index (χ2n) is 5.55. The second-order valence-corrected chi connectivity index (χ2v) is 6.63. The van der Waals surface area contributed by atoms with Crippen LogP contribution in [0.15, 0.2) is 18.2 Å². The fraction of sp³-hybridized carbons (Fsp3) is 0.312. The topological polar surface area (TPSA) is 90.0 Å². The number of hydrogen-bond donors (Lipinski definition) is 1. The van der Waals surface area contributed by atoms with E-state index >= 15 is 0 Å². The molecule has 9 heteroatoms. The predicted molar refractivity (Wildman–Crippen MR) is 89.2 cm³/mol. The number of ether oxygens (including phenoxy) is 3. The van der Waals surface area contributed by atoms with E-state index in [2.05, 4.69) is 15.0 Å². The molecular weight excluding hydrogens is 346 g/mol. The molecule has 0 atom stereocenters. The van der Waals surface area contributed by atoms with Crippen LogP contribution in [0, 0.1) is 0 Å². The van der Waals surface area contributed by atoms with Crippen molar-refractivity contribution in [3.8, 4) is 11.5 Å². The van der Waals surface area contributed by atoms with Crippen molar-refractivity contribution >= 4 is 28.5 Å². The summed E-state index contributed by atoms with van der Waals surface area (Å²) < 4.78 is 15.2. The molecule has 2 aliphatic rings. The largest absolute Gasteiger partial charge is 0.454 e. The third-order valence-corrected chi connectivity index (χ3v) is 5.03. The molecule has 0 saturated carbocycles. The highest BCUT2D eigenvalue weighted by Crippen LogP contribution is 2.34. The molecule has 0 spiro atoms. The molecular formula is C16H15N3O5S. The van der Waals surface area contributed by atoms with Crippen molar-refractivity contribution in [2.24, 2.45) is 0 Å². The smallest absolute Gasteiger partial charge is 0.413 e. The number of anilines is 1. The van der Waals surface area contributed by atoms with Gasteiger partial charge in [0.15, 0.2) is 16.6 Å². The summed E-state index contributed by atoms with van der Waals surface area (Å²) in [6.07, 6.45) is 0.0877. The zero-order chi connectivity index (χ0) is 17.4. The van der Waals surface area contributed by atoms with E-state index in [1.807, 2.05) is 0 Å². The van der Waals surface area contributed by atoms with Gasteiger partial charge in [-0.2, -0.15) is 0 Å². The summed E-state index contributed by atoms with van der Waals surface area (Å²) in [6.45, 7) is 1.21. The lowest BCUT2D eigenvalue weighted by Gasteiger charge is -2.26. The van der Waals surface area contributed by atoms with E-state index in [0.29, 0.717) is 41.7 Å². The van der Waals surface area contributed by atoms with Crippen LogP contribution in [-0.4, -0.2) is 42.3 Å². The lowest BCUT2D eigenvalue weighted by molar-refractivity contribution is 0.0735. The van der Waals surface area contributed by atoms with Crippen LogP contribution in [0.5, 0.6) is 11.5 Å². The third-order valence-electron chi connectivity index (χ3n) is 4.03. The Bertz CT molecular complexity index is 850. The number of amides is 2. The maximum Gasteiger partial charge on any atom is 0.413 e. The van der Waals surface area contributed by atoms with Gasteiger partial charge in [-0.3, -0.25) is 10.1 Å². The van der Waals surface area contributed by atoms with E-state index in [1.165, 1.54) is 18.4 Å². The highest BCUT2D eigenvalue weighted by atomic mass is 32.1. The molecule has 8 nitrogen and oxygen atoms in total. The molecule has 25 heavy (non-hydrogen) atoms. The Morgan fingerprint density at radius 2 is 2.16 bits per heavy atom. The SMILES string of the molecule is COC(=O)Nc1nc2c(s1)CN(C(=O)c1ccc3c(c1)OCO3)CC2. The van der Waals surface area contributed by atoms with Gasteiger partial charge in [-0.05, 0) is 18.2 Å². The van der Waals surface area contributed by atoms with Crippen LogP contribution in [-0.2, 0) is 17.7 Å². The van der Waals surface area contributed by atoms with Crippen LogP contribution in [0.1, 0.15) is 20.9 Å². The van der Waals surface area contributed by atoms with Gasteiger partial charge in [0.2, 0.25) is 6.79 Å². The first-order valence-corrected chi connectivity index (χ1v) is 8.48. The van der Waals surface area contributed by atoms with E-state index in [9.17, 15) is 9.59 Å². The van der Waals surface area contributed by atoms with Crippen molar-refractivity contribution < 1.29 is 23.8 Å². The van der Waals surface area contributed by atoms with Gasteiger partial charge in [0.25, 0.3) is 5.91 Å². The van der Waals surface area contributed by atoms with Crippen LogP contribution < -0.4 is 14.8 Å². The van der Waals surface area contributed by atoms with Crippen molar-refractivity contribution in [2.75, 3.05) is 25.8 Å². The van der Waals surface area contributed by atoms with E-state index < -0.39 is 6.09 Å². The second kappa shape index (κ2) is 6.25. The first-order chi connectivity index (χ1) is 12.1. The Morgan fingerprint density at radius 3 is 3.00 bits per heavy atom. The fourth-order valence-electron chi connectivity index (χ4n) is 2.77. The predicted octanol–water partition coefficient (Wildman–Crippen LogP) is 2.25. The van der Waals surface area contributed by atoms with Gasteiger partial charge in [-0.25, -0.2) is 9.78 Å². The molecule has 0 radical (unpaired) electrons. The molecule has 0 unspecified atom stereocenters. The van der Waals surface area contributed by atoms with Gasteiger partial charge < -0.3 is 19.1 Å². The molecule has 1 N–H and O–H groups in total. The van der Waals surface area contributed by atoms with Gasteiger partial charge in [0, 0.05) is 23.4 Å². The maximum absolute atomic E-state index is 12.8. The van der Waals surface area contributed by atoms with Crippen LogP contribution in [0.4, 0.5) is 9.93 Å². The number of aromatic nitrogens is 1. The van der Waals surface area contributed by atoms with E-state index in [4.69, 9.17) is 9.47 Å². The van der Waals surface area contributed by atoms with Gasteiger partial charge in [0.1, 0.15) is 0 Å². The number of nitrogens with zero attached hydrogens (tertiary/aromatic N) is 2. The molecule has 2 amide bonds. The summed E-state index contributed by atoms with van der Waals surface area (Å²) in [4.78, 5) is 31.2. The monoisotopic (exact) mass is 361 g/mol. The number of hydrogen-bond acceptors (Lipinski definition) is 7. The number of rotatable bonds is 2. The molecule has 3 heterocycles. The lowest BCUT2D eigenvalue weighted by Crippen LogP contribution is -2.35. The van der Waals surface area contributed by atoms with Crippen molar-refractivity contribution in [1.29, 1.82) is 0 Å². The summed E-state index contributed by atoms with van der Waals surface area (Å²) in [5, 5.41) is 3.05. The Labute approximate surface area is 147 Å². The quantitative estimate of drug-likeness (QED) is 0.882. The Balaban J connectivity index is 1.50. The summed E-state index contributed by atoms with van der Waals surface area (Å²) in [5.74, 6) is 1.17. The highest BCUT2D eigenvalue weighted by Gasteiger charge is 2.26. The number of thiazole rings is 1. The third kappa shape index (κ3) is 2.98. The molecule has 0 saturated heterocycles. The number of benzene rings is 1. The number of carbonyl (C=O) groups is 2. The van der Waals surface area contributed by atoms with Crippen LogP contribution >= 0.6 is 11.3 Å². The Kier molecular flexibility index (Phi) is 3.92. The fourth-order valence-corrected chi connectivity index (χ4v) is 3.78. The summed E-state index contributed by atoms with van der Waals surface area (Å²) in [7, 11) is 1.30. The van der Waals surface area contributed by atoms with Crippen LogP contribution in [0.2, 0.25) is 0 Å². The van der Waals surface area contributed by atoms with Gasteiger partial charge in [0.05, 0.1) is 19.3 Å². The average Bonchev–Trinajstić information content (AvgIpc) is 3.25. The summed E-state index contributed by atoms with van der Waals surface area (Å²) in [6, 6.07) is 5.19. The van der Waals surface area contributed by atoms with Crippen LogP contribution in [0.25, 0.3) is 0 Å². The minimum absolute atomic E-state index is 0.0696. The highest BCUT2D eigenvalue weighted by molar-refractivity contribution is 7.15. The molecule has 0 aliphatic carbocycles. The standard InChI is InChI=1S/C16H15N3O5S/c1-22-16(21)18-15-17-10-4-5-19(7-13(10)25-15)14(20)9-2-3-11-12(6-9)24-8-23-11/h2-3,6H,4-5,7-8H2,1H3,(H,17,18,21). The Morgan fingerprint density at radius 1 is 1.32 bits per heavy atom. The van der Waals surface area contributed by atoms with Crippen molar-refractivity contribution in [3.05, 3.63) is 34.3 Å². The van der Waals surface area contributed by atoms with E-state index in [1.54, 1.807) is 23.1 Å². The lowest BCUT2D eigenvalue weighted by atomic mass is 10.1. The Hall–Kier alpha value is -2.81. The molecule has 2 aliphatic heterocycles. The molecule has 1 aromatic carbocycles. The minimum Gasteiger partial charge on any atom is -0.454 e. The first-order valence-electron chi connectivity index (χ1n) is 7.66. The molecule has 2 aromatic rings. The van der Waals surface area contributed by atoms with Crippen molar-refractivity contribution in [1.82, 2.24) is 9.88 Å². The zero-order valence-corrected chi connectivity index (χ0v) is 14.2. The normalized spacial score (nSPS) is 14.8. The summed E-state index contributed by atoms with van der Waals surface area (Å²) in [5.41, 5.74) is 1.47. The van der Waals surface area contributed by atoms with Gasteiger partial charge in [-0.1, -0.05) is 11.3 Å².